The number of hydrogen-bond donors (Lipinski definition) is 0. The first-order valence-corrected chi connectivity index (χ1v) is 6.59. The molecule has 1 aromatic carbocycles. The third-order valence-corrected chi connectivity index (χ3v) is 2.88. The number of rotatable bonds is 5. The molecule has 0 spiro atoms. The van der Waals surface area contributed by atoms with Crippen molar-refractivity contribution >= 4 is 12.0 Å². The molecule has 2 rings (SSSR count). The van der Waals surface area contributed by atoms with Crippen LogP contribution in [0.5, 0.6) is 0 Å². The van der Waals surface area contributed by atoms with Gasteiger partial charge in [-0.05, 0) is 31.1 Å². The molecule has 0 unspecified atom stereocenters. The van der Waals surface area contributed by atoms with E-state index in [0.717, 1.165) is 12.1 Å². The van der Waals surface area contributed by atoms with E-state index in [1.807, 2.05) is 41.1 Å². The molecule has 0 radical (unpaired) electrons. The number of aromatic nitrogens is 2. The largest absolute Gasteiger partial charge is 0.463 e. The zero-order chi connectivity index (χ0) is 14.4. The molecule has 0 saturated carbocycles. The molecule has 0 fully saturated rings. The number of carbonyl (C=O) groups is 1. The highest BCUT2D eigenvalue weighted by molar-refractivity contribution is 5.92. The van der Waals surface area contributed by atoms with Crippen LogP contribution in [0.2, 0.25) is 0 Å². The zero-order valence-corrected chi connectivity index (χ0v) is 11.7. The average molecular weight is 270 g/mol. The summed E-state index contributed by atoms with van der Waals surface area (Å²) in [5.74, 6) is -0.269. The van der Waals surface area contributed by atoms with Crippen LogP contribution in [0.4, 0.5) is 0 Å². The van der Waals surface area contributed by atoms with Crippen molar-refractivity contribution in [2.45, 2.75) is 20.4 Å². The topological polar surface area (TPSA) is 44.1 Å². The molecule has 2 aromatic rings. The Hall–Kier alpha value is -2.36. The normalized spacial score (nSPS) is 11.4. The zero-order valence-electron chi connectivity index (χ0n) is 11.7. The van der Waals surface area contributed by atoms with Crippen molar-refractivity contribution in [3.05, 3.63) is 59.7 Å². The molecular formula is C16H18N2O2. The van der Waals surface area contributed by atoms with Crippen molar-refractivity contribution in [1.82, 2.24) is 9.55 Å². The molecule has 20 heavy (non-hydrogen) atoms. The molecule has 0 bridgehead atoms. The molecule has 0 atom stereocenters. The highest BCUT2D eigenvalue weighted by Gasteiger charge is 2.04. The van der Waals surface area contributed by atoms with Gasteiger partial charge in [-0.15, -0.1) is 0 Å². The van der Waals surface area contributed by atoms with Crippen LogP contribution in [0, 0.1) is 0 Å². The summed E-state index contributed by atoms with van der Waals surface area (Å²) < 4.78 is 6.96. The summed E-state index contributed by atoms with van der Waals surface area (Å²) in [6, 6.07) is 8.08. The third kappa shape index (κ3) is 3.82. The quantitative estimate of drug-likeness (QED) is 0.620. The molecule has 0 aliphatic heterocycles. The fourth-order valence-corrected chi connectivity index (χ4v) is 1.86. The van der Waals surface area contributed by atoms with Crippen LogP contribution in [0.15, 0.2) is 48.6 Å². The summed E-state index contributed by atoms with van der Waals surface area (Å²) in [7, 11) is 0. The van der Waals surface area contributed by atoms with E-state index in [9.17, 15) is 4.79 Å². The van der Waals surface area contributed by atoms with Gasteiger partial charge in [-0.2, -0.15) is 0 Å². The number of ether oxygens (including phenoxy) is 1. The van der Waals surface area contributed by atoms with Crippen molar-refractivity contribution in [3.8, 4) is 0 Å². The predicted octanol–water partition coefficient (Wildman–Crippen LogP) is 2.90. The van der Waals surface area contributed by atoms with E-state index in [-0.39, 0.29) is 5.97 Å². The van der Waals surface area contributed by atoms with Gasteiger partial charge < -0.3 is 9.30 Å². The highest BCUT2D eigenvalue weighted by Crippen LogP contribution is 2.11. The Balaban J connectivity index is 2.04. The van der Waals surface area contributed by atoms with Gasteiger partial charge in [0.2, 0.25) is 0 Å². The van der Waals surface area contributed by atoms with Gasteiger partial charge in [-0.1, -0.05) is 24.3 Å². The lowest BCUT2D eigenvalue weighted by molar-refractivity contribution is -0.138. The molecule has 0 saturated heterocycles. The second kappa shape index (κ2) is 6.70. The second-order valence-electron chi connectivity index (χ2n) is 4.52. The highest BCUT2D eigenvalue weighted by atomic mass is 16.5. The van der Waals surface area contributed by atoms with E-state index < -0.39 is 0 Å². The van der Waals surface area contributed by atoms with Gasteiger partial charge in [0.25, 0.3) is 0 Å². The summed E-state index contributed by atoms with van der Waals surface area (Å²) in [4.78, 5) is 15.5. The lowest BCUT2D eigenvalue weighted by Crippen LogP contribution is -2.04. The van der Waals surface area contributed by atoms with Gasteiger partial charge in [0, 0.05) is 24.5 Å². The smallest absolute Gasteiger partial charge is 0.333 e. The lowest BCUT2D eigenvalue weighted by atomic mass is 10.1. The minimum Gasteiger partial charge on any atom is -0.463 e. The average Bonchev–Trinajstić information content (AvgIpc) is 2.94. The van der Waals surface area contributed by atoms with Crippen molar-refractivity contribution in [2.75, 3.05) is 6.61 Å². The van der Waals surface area contributed by atoms with Gasteiger partial charge in [0.15, 0.2) is 0 Å². The maximum absolute atomic E-state index is 11.5. The van der Waals surface area contributed by atoms with Crippen molar-refractivity contribution in [2.24, 2.45) is 0 Å². The van der Waals surface area contributed by atoms with Crippen LogP contribution < -0.4 is 0 Å². The van der Waals surface area contributed by atoms with Crippen LogP contribution in [0.3, 0.4) is 0 Å². The van der Waals surface area contributed by atoms with Crippen LogP contribution in [-0.2, 0) is 16.1 Å². The minimum atomic E-state index is -0.269. The maximum atomic E-state index is 11.5. The van der Waals surface area contributed by atoms with E-state index in [4.69, 9.17) is 4.74 Å². The van der Waals surface area contributed by atoms with Gasteiger partial charge in [0.05, 0.1) is 12.9 Å². The Kier molecular flexibility index (Phi) is 4.71. The SMILES string of the molecule is CCOC(=O)C(C)=Cc1ccc(Cn2ccnc2)cc1. The van der Waals surface area contributed by atoms with E-state index in [2.05, 4.69) is 4.98 Å². The maximum Gasteiger partial charge on any atom is 0.333 e. The number of hydrogen-bond acceptors (Lipinski definition) is 3. The predicted molar refractivity (Wildman–Crippen MR) is 78.1 cm³/mol. The summed E-state index contributed by atoms with van der Waals surface area (Å²) in [6.07, 6.45) is 7.32. The molecule has 0 aliphatic carbocycles. The number of carbonyl (C=O) groups excluding carboxylic acids is 1. The molecule has 1 aromatic heterocycles. The summed E-state index contributed by atoms with van der Waals surface area (Å²) in [5, 5.41) is 0. The van der Waals surface area contributed by atoms with E-state index in [0.29, 0.717) is 12.2 Å². The van der Waals surface area contributed by atoms with Gasteiger partial charge >= 0.3 is 5.97 Å². The fraction of sp³-hybridized carbons (Fsp3) is 0.250. The van der Waals surface area contributed by atoms with Crippen molar-refractivity contribution in [3.63, 3.8) is 0 Å². The second-order valence-corrected chi connectivity index (χ2v) is 4.52. The Labute approximate surface area is 118 Å². The molecule has 0 aliphatic rings. The molecule has 4 nitrogen and oxygen atoms in total. The monoisotopic (exact) mass is 270 g/mol. The standard InChI is InChI=1S/C16H18N2O2/c1-3-20-16(19)13(2)10-14-4-6-15(7-5-14)11-18-9-8-17-12-18/h4-10,12H,3,11H2,1-2H3. The fourth-order valence-electron chi connectivity index (χ4n) is 1.86. The third-order valence-electron chi connectivity index (χ3n) is 2.88. The molecule has 0 N–H and O–H groups in total. The van der Waals surface area contributed by atoms with E-state index in [1.54, 1.807) is 26.4 Å². The van der Waals surface area contributed by atoms with Gasteiger partial charge in [-0.25, -0.2) is 9.78 Å². The van der Waals surface area contributed by atoms with Gasteiger partial charge in [-0.3, -0.25) is 0 Å². The molecular weight excluding hydrogens is 252 g/mol. The molecule has 4 heteroatoms. The first-order chi connectivity index (χ1) is 9.69. The molecule has 104 valence electrons. The van der Waals surface area contributed by atoms with Crippen molar-refractivity contribution < 1.29 is 9.53 Å². The Morgan fingerprint density at radius 1 is 1.35 bits per heavy atom. The van der Waals surface area contributed by atoms with Crippen LogP contribution in [-0.4, -0.2) is 22.1 Å². The first kappa shape index (κ1) is 14.1. The number of esters is 1. The van der Waals surface area contributed by atoms with E-state index >= 15 is 0 Å². The van der Waals surface area contributed by atoms with Crippen LogP contribution >= 0.6 is 0 Å². The molecule has 0 amide bonds. The first-order valence-electron chi connectivity index (χ1n) is 6.59. The minimum absolute atomic E-state index is 0.269. The summed E-state index contributed by atoms with van der Waals surface area (Å²) in [5.41, 5.74) is 2.79. The van der Waals surface area contributed by atoms with Crippen LogP contribution in [0.1, 0.15) is 25.0 Å². The Morgan fingerprint density at radius 2 is 2.10 bits per heavy atom. The van der Waals surface area contributed by atoms with E-state index in [1.165, 1.54) is 5.56 Å². The van der Waals surface area contributed by atoms with Crippen LogP contribution in [0.25, 0.3) is 6.08 Å². The molecule has 1 heterocycles. The Morgan fingerprint density at radius 3 is 2.70 bits per heavy atom. The van der Waals surface area contributed by atoms with Gasteiger partial charge in [0.1, 0.15) is 0 Å². The number of nitrogens with zero attached hydrogens (tertiary/aromatic N) is 2. The lowest BCUT2D eigenvalue weighted by Gasteiger charge is -2.04. The summed E-state index contributed by atoms with van der Waals surface area (Å²) >= 11 is 0. The summed E-state index contributed by atoms with van der Waals surface area (Å²) in [6.45, 7) is 4.75. The van der Waals surface area contributed by atoms with Crippen molar-refractivity contribution in [1.29, 1.82) is 0 Å². The Bertz CT molecular complexity index is 583. The number of benzene rings is 1. The number of imidazole rings is 1.